The Labute approximate surface area is 591 Å². The topological polar surface area (TPSA) is 417 Å². The maximum Gasteiger partial charge on any atom is 0.419 e. The normalized spacial score (nSPS) is 14.0. The maximum absolute atomic E-state index is 15.3. The number of carboxylic acids is 1. The number of hydrogen-bond acceptors (Lipinski definition) is 16. The molecule has 0 aliphatic rings. The van der Waals surface area contributed by atoms with Crippen LogP contribution in [0.2, 0.25) is 0 Å². The molecule has 8 amide bonds. The number of alkyl carbamates (subject to hydrolysis) is 1. The van der Waals surface area contributed by atoms with Crippen molar-refractivity contribution in [2.45, 2.75) is 234 Å². The fourth-order valence-electron chi connectivity index (χ4n) is 11.2. The zero-order valence-electron chi connectivity index (χ0n) is 61.1. The fourth-order valence-corrected chi connectivity index (χ4v) is 11.2. The van der Waals surface area contributed by atoms with Crippen LogP contribution in [0.4, 0.5) is 14.4 Å². The Bertz CT molecular complexity index is 3560. The number of amides is 8. The Kier molecular flexibility index (Phi) is 33.3. The lowest BCUT2D eigenvalue weighted by Gasteiger charge is -2.29. The molecule has 556 valence electrons. The first kappa shape index (κ1) is 83.9. The van der Waals surface area contributed by atoms with Crippen molar-refractivity contribution in [2.75, 3.05) is 19.7 Å². The standard InChI is InChI=1S/C72H108N14O15/c1-16-33-99-68(96)75-31-23-21-27-52(62(89)83-57(67(94)95)37-45(8)9)78-64(91)54(35-43(4)5)81-66(93)56(39-47-41-86(70(98)101-72(13,14)15)59-30-20-18-26-49(47)59)82-65(92)55(36-44(6)7)80-61(88)51(28-22-24-32-76-84-74)77-63(90)53(34-42(2)3)79-60(87)50(73)38-46-40-85(69(97)100-71(10,11)12)58-29-19-17-25-48(46)58/h16-20,25-26,29-30,40-45,50-57H,1,21-24,27-28,31-39,73H2,2-15H3,(H,75,96)(H,77,90)(H,78,91)(H,79,87)(H,80,88)(H,81,93)(H,82,92)(H,83,89)(H,94,95)/t50-,51-,52-,53+,54+,55+,56-,57+/m0/s1. The SMILES string of the molecule is C=CCOC(=O)NCCCC[C@H](NC(=O)[C@@H](CC(C)C)NC(=O)[C@H](Cc1cn(C(=O)OC(C)(C)C)c2ccccc12)NC(=O)[C@@H](CC(C)C)NC(=O)[C@H](CCCCN=[N+]=[N-])NC(=O)[C@@H](CC(C)C)NC(=O)[C@@H](N)Cc1cn(C(=O)OC(C)(C)C)c2ccccc12)C(=O)N[C@H](CC(C)C)C(=O)O. The molecule has 0 saturated heterocycles. The molecule has 2 aromatic carbocycles. The molecule has 8 atom stereocenters. The van der Waals surface area contributed by atoms with Gasteiger partial charge in [-0.1, -0.05) is 116 Å². The number of hydrogen-bond donors (Lipinski definition) is 10. The number of fused-ring (bicyclic) bond motifs is 2. The summed E-state index contributed by atoms with van der Waals surface area (Å²) in [7, 11) is 0. The largest absolute Gasteiger partial charge is 0.480 e. The number of nitrogens with two attached hydrogens (primary N) is 1. The molecule has 2 aromatic heterocycles. The van der Waals surface area contributed by atoms with Gasteiger partial charge >= 0.3 is 24.2 Å². The quantitative estimate of drug-likeness (QED) is 0.00499. The Morgan fingerprint density at radius 3 is 1.32 bits per heavy atom. The number of benzene rings is 2. The molecule has 101 heavy (non-hydrogen) atoms. The van der Waals surface area contributed by atoms with E-state index < -0.39 is 125 Å². The number of unbranched alkanes of at least 4 members (excludes halogenated alkanes) is 2. The van der Waals surface area contributed by atoms with Crippen molar-refractivity contribution in [2.24, 2.45) is 34.5 Å². The van der Waals surface area contributed by atoms with Crippen LogP contribution in [0.15, 0.2) is 78.7 Å². The van der Waals surface area contributed by atoms with Gasteiger partial charge in [-0.2, -0.15) is 0 Å². The molecule has 0 saturated carbocycles. The average molecular weight is 1410 g/mol. The maximum atomic E-state index is 15.3. The summed E-state index contributed by atoms with van der Waals surface area (Å²) in [5.41, 5.74) is 15.8. The number of nitrogens with zero attached hydrogens (tertiary/aromatic N) is 5. The molecule has 0 aliphatic carbocycles. The van der Waals surface area contributed by atoms with Gasteiger partial charge in [-0.05, 0) is 158 Å². The lowest BCUT2D eigenvalue weighted by atomic mass is 9.98. The number of azide groups is 1. The zero-order valence-corrected chi connectivity index (χ0v) is 61.1. The Morgan fingerprint density at radius 2 is 0.901 bits per heavy atom. The number of carbonyl (C=O) groups is 11. The van der Waals surface area contributed by atoms with Crippen molar-refractivity contribution >= 4 is 87.4 Å². The van der Waals surface area contributed by atoms with Gasteiger partial charge in [-0.25, -0.2) is 19.2 Å². The number of carbonyl (C=O) groups excluding carboxylic acids is 10. The highest BCUT2D eigenvalue weighted by molar-refractivity contribution is 5.99. The van der Waals surface area contributed by atoms with E-state index in [-0.39, 0.29) is 108 Å². The summed E-state index contributed by atoms with van der Waals surface area (Å²) in [5.74, 6) is -7.82. The molecule has 0 aliphatic heterocycles. The lowest BCUT2D eigenvalue weighted by Crippen LogP contribution is -2.60. The number of ether oxygens (including phenoxy) is 3. The average Bonchev–Trinajstić information content (AvgIpc) is 1.65. The number of carboxylic acid groups (broad SMARTS) is 1. The second kappa shape index (κ2) is 40.1. The van der Waals surface area contributed by atoms with Crippen molar-refractivity contribution in [3.63, 3.8) is 0 Å². The summed E-state index contributed by atoms with van der Waals surface area (Å²) in [6, 6.07) is 3.05. The number of nitrogens with one attached hydrogen (secondary N) is 8. The van der Waals surface area contributed by atoms with Gasteiger partial charge in [0.25, 0.3) is 0 Å². The Hall–Kier alpha value is -9.50. The van der Waals surface area contributed by atoms with E-state index in [1.165, 1.54) is 21.4 Å². The van der Waals surface area contributed by atoms with Gasteiger partial charge < -0.3 is 67.6 Å². The van der Waals surface area contributed by atoms with Crippen molar-refractivity contribution in [3.05, 3.63) is 95.1 Å². The Morgan fingerprint density at radius 1 is 0.535 bits per heavy atom. The van der Waals surface area contributed by atoms with Gasteiger partial charge in [0.05, 0.1) is 17.1 Å². The van der Waals surface area contributed by atoms with Crippen molar-refractivity contribution in [1.29, 1.82) is 0 Å². The van der Waals surface area contributed by atoms with Crippen molar-refractivity contribution in [3.8, 4) is 0 Å². The molecule has 29 heteroatoms. The minimum Gasteiger partial charge on any atom is -0.480 e. The highest BCUT2D eigenvalue weighted by Crippen LogP contribution is 2.27. The highest BCUT2D eigenvalue weighted by atomic mass is 16.6. The molecule has 29 nitrogen and oxygen atoms in total. The minimum atomic E-state index is -1.57. The predicted molar refractivity (Wildman–Crippen MR) is 383 cm³/mol. The van der Waals surface area contributed by atoms with Crippen LogP contribution in [-0.4, -0.2) is 159 Å². The van der Waals surface area contributed by atoms with E-state index in [4.69, 9.17) is 25.5 Å². The molecule has 0 bridgehead atoms. The first-order valence-corrected chi connectivity index (χ1v) is 34.7. The van der Waals surface area contributed by atoms with Crippen molar-refractivity contribution in [1.82, 2.24) is 51.7 Å². The number of para-hydroxylation sites is 2. The highest BCUT2D eigenvalue weighted by Gasteiger charge is 2.37. The van der Waals surface area contributed by atoms with Gasteiger partial charge in [0.1, 0.15) is 60.1 Å². The summed E-state index contributed by atoms with van der Waals surface area (Å²) in [6.07, 6.45) is 3.21. The van der Waals surface area contributed by atoms with Crippen LogP contribution in [0.3, 0.4) is 0 Å². The Balaban J connectivity index is 1.74. The van der Waals surface area contributed by atoms with Gasteiger partial charge in [-0.3, -0.25) is 42.7 Å². The second-order valence-electron chi connectivity index (χ2n) is 29.1. The van der Waals surface area contributed by atoms with E-state index in [0.717, 1.165) is 0 Å². The smallest absolute Gasteiger partial charge is 0.419 e. The third kappa shape index (κ3) is 28.6. The number of rotatable bonds is 39. The van der Waals surface area contributed by atoms with Crippen LogP contribution in [-0.2, 0) is 65.4 Å². The van der Waals surface area contributed by atoms with Crippen LogP contribution in [0, 0.1) is 23.7 Å². The molecular formula is C72H108N14O15. The van der Waals surface area contributed by atoms with Crippen LogP contribution in [0.1, 0.15) is 172 Å². The first-order valence-electron chi connectivity index (χ1n) is 34.7. The molecule has 2 heterocycles. The lowest BCUT2D eigenvalue weighted by molar-refractivity contribution is -0.143. The zero-order chi connectivity index (χ0) is 75.5. The first-order chi connectivity index (χ1) is 47.4. The van der Waals surface area contributed by atoms with E-state index >= 15 is 9.59 Å². The molecule has 0 fully saturated rings. The third-order valence-corrected chi connectivity index (χ3v) is 15.8. The van der Waals surface area contributed by atoms with Crippen LogP contribution in [0.25, 0.3) is 32.2 Å². The summed E-state index contributed by atoms with van der Waals surface area (Å²) in [5, 5.41) is 36.8. The van der Waals surface area contributed by atoms with Crippen LogP contribution in [0.5, 0.6) is 0 Å². The predicted octanol–water partition coefficient (Wildman–Crippen LogP) is 8.50. The van der Waals surface area contributed by atoms with Gasteiger partial charge in [0.15, 0.2) is 0 Å². The van der Waals surface area contributed by atoms with Gasteiger partial charge in [0.2, 0.25) is 41.4 Å². The summed E-state index contributed by atoms with van der Waals surface area (Å²) >= 11 is 0. The summed E-state index contributed by atoms with van der Waals surface area (Å²) < 4.78 is 19.0. The van der Waals surface area contributed by atoms with E-state index in [2.05, 4.69) is 59.1 Å². The van der Waals surface area contributed by atoms with E-state index in [9.17, 15) is 48.3 Å². The molecule has 4 rings (SSSR count). The van der Waals surface area contributed by atoms with Gasteiger partial charge in [0, 0.05) is 47.6 Å². The number of aliphatic carboxylic acids is 1. The molecular weight excluding hydrogens is 1300 g/mol. The van der Waals surface area contributed by atoms with E-state index in [1.54, 1.807) is 138 Å². The molecule has 0 unspecified atom stereocenters. The summed E-state index contributed by atoms with van der Waals surface area (Å²) in [6.45, 7) is 28.5. The van der Waals surface area contributed by atoms with Crippen molar-refractivity contribution < 1.29 is 72.1 Å². The van der Waals surface area contributed by atoms with Gasteiger partial charge in [-0.15, -0.1) is 0 Å². The molecule has 11 N–H and O–H groups in total. The fraction of sp³-hybridized carbons (Fsp3) is 0.597. The van der Waals surface area contributed by atoms with E-state index in [1.807, 2.05) is 13.8 Å². The second-order valence-corrected chi connectivity index (χ2v) is 29.1. The molecule has 0 radical (unpaired) electrons. The third-order valence-electron chi connectivity index (χ3n) is 15.8. The van der Waals surface area contributed by atoms with Crippen LogP contribution >= 0.6 is 0 Å². The molecule has 0 spiro atoms. The van der Waals surface area contributed by atoms with E-state index in [0.29, 0.717) is 45.8 Å². The molecule has 4 aromatic rings. The minimum absolute atomic E-state index is 0.00752. The van der Waals surface area contributed by atoms with Crippen LogP contribution < -0.4 is 48.3 Å². The summed E-state index contributed by atoms with van der Waals surface area (Å²) in [4.78, 5) is 157. The monoisotopic (exact) mass is 1410 g/mol. The number of aromatic nitrogens is 2.